The zero-order valence-electron chi connectivity index (χ0n) is 11.7. The first-order valence-corrected chi connectivity index (χ1v) is 6.86. The van der Waals surface area contributed by atoms with E-state index in [0.29, 0.717) is 12.1 Å². The minimum absolute atomic E-state index is 0.573. The quantitative estimate of drug-likeness (QED) is 0.753. The summed E-state index contributed by atoms with van der Waals surface area (Å²) in [6.07, 6.45) is 8.08. The Morgan fingerprint density at radius 3 is 2.65 bits per heavy atom. The minimum Gasteiger partial charge on any atom is -0.312 e. The highest BCUT2D eigenvalue weighted by Gasteiger charge is 2.10. The topological polar surface area (TPSA) is 29.9 Å². The number of nitrogens with one attached hydrogen (secondary N) is 1. The van der Waals surface area contributed by atoms with Crippen molar-refractivity contribution in [2.45, 2.75) is 65.0 Å². The number of aromatic nitrogens is 2. The molecule has 1 unspecified atom stereocenters. The number of hydrogen-bond acceptors (Lipinski definition) is 2. The van der Waals surface area contributed by atoms with Crippen LogP contribution >= 0.6 is 0 Å². The second-order valence-corrected chi connectivity index (χ2v) is 5.15. The summed E-state index contributed by atoms with van der Waals surface area (Å²) in [4.78, 5) is 0. The largest absolute Gasteiger partial charge is 0.312 e. The van der Waals surface area contributed by atoms with Crippen molar-refractivity contribution < 1.29 is 0 Å². The van der Waals surface area contributed by atoms with Gasteiger partial charge in [0, 0.05) is 31.0 Å². The Morgan fingerprint density at radius 2 is 2.12 bits per heavy atom. The van der Waals surface area contributed by atoms with Crippen molar-refractivity contribution in [3.63, 3.8) is 0 Å². The molecule has 0 aliphatic carbocycles. The summed E-state index contributed by atoms with van der Waals surface area (Å²) < 4.78 is 1.98. The van der Waals surface area contributed by atoms with Crippen molar-refractivity contribution in [1.29, 1.82) is 0 Å². The molecule has 0 saturated carbocycles. The maximum atomic E-state index is 4.21. The molecule has 0 amide bonds. The molecule has 1 N–H and O–H groups in total. The summed E-state index contributed by atoms with van der Waals surface area (Å²) in [5.41, 5.74) is 1.33. The van der Waals surface area contributed by atoms with Gasteiger partial charge in [-0.05, 0) is 25.3 Å². The van der Waals surface area contributed by atoms with Gasteiger partial charge in [0.05, 0.1) is 0 Å². The fourth-order valence-corrected chi connectivity index (χ4v) is 2.20. The van der Waals surface area contributed by atoms with Crippen LogP contribution < -0.4 is 5.32 Å². The molecule has 0 aliphatic rings. The summed E-state index contributed by atoms with van der Waals surface area (Å²) >= 11 is 0. The molecule has 0 spiro atoms. The molecule has 0 radical (unpaired) electrons. The van der Waals surface area contributed by atoms with Gasteiger partial charge < -0.3 is 5.32 Å². The molecule has 3 nitrogen and oxygen atoms in total. The highest BCUT2D eigenvalue weighted by Crippen LogP contribution is 2.10. The molecule has 98 valence electrons. The summed E-state index contributed by atoms with van der Waals surface area (Å²) in [6, 6.07) is 3.33. The van der Waals surface area contributed by atoms with E-state index in [-0.39, 0.29) is 0 Å². The smallest absolute Gasteiger partial charge is 0.0492 e. The Hall–Kier alpha value is -0.830. The van der Waals surface area contributed by atoms with Gasteiger partial charge in [0.1, 0.15) is 0 Å². The maximum absolute atomic E-state index is 4.21. The molecular formula is C14H27N3. The third kappa shape index (κ3) is 5.35. The molecular weight excluding hydrogens is 210 g/mol. The Balaban J connectivity index is 2.40. The van der Waals surface area contributed by atoms with Crippen LogP contribution in [0.2, 0.25) is 0 Å². The van der Waals surface area contributed by atoms with E-state index in [1.54, 1.807) is 0 Å². The number of rotatable bonds is 8. The van der Waals surface area contributed by atoms with Crippen molar-refractivity contribution in [2.24, 2.45) is 7.05 Å². The Bertz CT molecular complexity index is 304. The standard InChI is InChI=1S/C14H27N3/c1-5-6-7-13(16-12(2)3)8-9-14-10-11-15-17(14)4/h10-13,16H,5-9H2,1-4H3. The third-order valence-corrected chi connectivity index (χ3v) is 3.15. The van der Waals surface area contributed by atoms with Gasteiger partial charge in [-0.25, -0.2) is 0 Å². The molecule has 17 heavy (non-hydrogen) atoms. The highest BCUT2D eigenvalue weighted by atomic mass is 15.2. The molecule has 0 bridgehead atoms. The molecule has 1 aromatic heterocycles. The van der Waals surface area contributed by atoms with Gasteiger partial charge in [0.2, 0.25) is 0 Å². The van der Waals surface area contributed by atoms with Crippen LogP contribution in [0.4, 0.5) is 0 Å². The summed E-state index contributed by atoms with van der Waals surface area (Å²) in [5.74, 6) is 0. The number of nitrogens with zero attached hydrogens (tertiary/aromatic N) is 2. The summed E-state index contributed by atoms with van der Waals surface area (Å²) in [5, 5.41) is 7.88. The molecule has 3 heteroatoms. The van der Waals surface area contributed by atoms with Crippen LogP contribution in [0, 0.1) is 0 Å². The van der Waals surface area contributed by atoms with Crippen LogP contribution in [0.5, 0.6) is 0 Å². The molecule has 1 rings (SSSR count). The first-order valence-electron chi connectivity index (χ1n) is 6.86. The molecule has 0 saturated heterocycles. The van der Waals surface area contributed by atoms with Crippen molar-refractivity contribution >= 4 is 0 Å². The first kappa shape index (κ1) is 14.2. The van der Waals surface area contributed by atoms with Crippen molar-refractivity contribution in [3.05, 3.63) is 18.0 Å². The fraction of sp³-hybridized carbons (Fsp3) is 0.786. The van der Waals surface area contributed by atoms with Gasteiger partial charge >= 0.3 is 0 Å². The number of unbranched alkanes of at least 4 members (excludes halogenated alkanes) is 1. The lowest BCUT2D eigenvalue weighted by Crippen LogP contribution is -2.35. The van der Waals surface area contributed by atoms with E-state index < -0.39 is 0 Å². The third-order valence-electron chi connectivity index (χ3n) is 3.15. The van der Waals surface area contributed by atoms with Gasteiger partial charge in [-0.1, -0.05) is 33.6 Å². The first-order chi connectivity index (χ1) is 8.13. The molecule has 0 aromatic carbocycles. The lowest BCUT2D eigenvalue weighted by atomic mass is 10.0. The van der Waals surface area contributed by atoms with E-state index in [1.165, 1.54) is 31.4 Å². The van der Waals surface area contributed by atoms with E-state index in [1.807, 2.05) is 17.9 Å². The van der Waals surface area contributed by atoms with Crippen LogP contribution in [-0.4, -0.2) is 21.9 Å². The Morgan fingerprint density at radius 1 is 1.35 bits per heavy atom. The van der Waals surface area contributed by atoms with Crippen molar-refractivity contribution in [2.75, 3.05) is 0 Å². The van der Waals surface area contributed by atoms with Gasteiger partial charge in [0.25, 0.3) is 0 Å². The van der Waals surface area contributed by atoms with E-state index in [0.717, 1.165) is 6.42 Å². The van der Waals surface area contributed by atoms with Gasteiger partial charge in [-0.3, -0.25) is 4.68 Å². The Labute approximate surface area is 106 Å². The van der Waals surface area contributed by atoms with Crippen LogP contribution in [0.25, 0.3) is 0 Å². The SMILES string of the molecule is CCCCC(CCc1ccnn1C)NC(C)C. The molecule has 1 heterocycles. The molecule has 0 fully saturated rings. The van der Waals surface area contributed by atoms with Crippen LogP contribution in [-0.2, 0) is 13.5 Å². The van der Waals surface area contributed by atoms with Crippen LogP contribution in [0.3, 0.4) is 0 Å². The second kappa shape index (κ2) is 7.49. The van der Waals surface area contributed by atoms with Gasteiger partial charge in [-0.15, -0.1) is 0 Å². The van der Waals surface area contributed by atoms with E-state index in [4.69, 9.17) is 0 Å². The van der Waals surface area contributed by atoms with E-state index >= 15 is 0 Å². The average molecular weight is 237 g/mol. The lowest BCUT2D eigenvalue weighted by molar-refractivity contribution is 0.403. The second-order valence-electron chi connectivity index (χ2n) is 5.15. The van der Waals surface area contributed by atoms with E-state index in [9.17, 15) is 0 Å². The van der Waals surface area contributed by atoms with Crippen molar-refractivity contribution in [1.82, 2.24) is 15.1 Å². The fourth-order valence-electron chi connectivity index (χ4n) is 2.20. The monoisotopic (exact) mass is 237 g/mol. The lowest BCUT2D eigenvalue weighted by Gasteiger charge is -2.21. The molecule has 0 aliphatic heterocycles. The Kier molecular flexibility index (Phi) is 6.27. The summed E-state index contributed by atoms with van der Waals surface area (Å²) in [6.45, 7) is 6.71. The van der Waals surface area contributed by atoms with E-state index in [2.05, 4.69) is 37.3 Å². The normalized spacial score (nSPS) is 13.2. The van der Waals surface area contributed by atoms with Crippen LogP contribution in [0.1, 0.15) is 52.1 Å². The minimum atomic E-state index is 0.573. The molecule has 1 atom stereocenters. The van der Waals surface area contributed by atoms with Gasteiger partial charge in [-0.2, -0.15) is 5.10 Å². The predicted octanol–water partition coefficient (Wildman–Crippen LogP) is 2.91. The number of hydrogen-bond donors (Lipinski definition) is 1. The summed E-state index contributed by atoms with van der Waals surface area (Å²) in [7, 11) is 2.02. The molecule has 1 aromatic rings. The number of aryl methyl sites for hydroxylation is 2. The van der Waals surface area contributed by atoms with Crippen LogP contribution in [0.15, 0.2) is 12.3 Å². The zero-order valence-corrected chi connectivity index (χ0v) is 11.7. The predicted molar refractivity (Wildman–Crippen MR) is 73.1 cm³/mol. The average Bonchev–Trinajstić information content (AvgIpc) is 2.67. The highest BCUT2D eigenvalue weighted by molar-refractivity contribution is 5.00. The maximum Gasteiger partial charge on any atom is 0.0492 e. The zero-order chi connectivity index (χ0) is 12.7. The van der Waals surface area contributed by atoms with Crippen molar-refractivity contribution in [3.8, 4) is 0 Å². The van der Waals surface area contributed by atoms with Gasteiger partial charge in [0.15, 0.2) is 0 Å².